The molecule has 1 aromatic heterocycles. The second kappa shape index (κ2) is 9.34. The van der Waals surface area contributed by atoms with E-state index in [1.807, 2.05) is 20.9 Å². The Labute approximate surface area is 149 Å². The van der Waals surface area contributed by atoms with Crippen molar-refractivity contribution in [1.82, 2.24) is 15.4 Å². The fraction of sp³-hybridized carbons (Fsp3) is 0.733. The molecule has 0 bridgehead atoms. The van der Waals surface area contributed by atoms with E-state index in [0.717, 1.165) is 56.6 Å². The highest BCUT2D eigenvalue weighted by Gasteiger charge is 2.19. The van der Waals surface area contributed by atoms with Gasteiger partial charge >= 0.3 is 0 Å². The number of rotatable bonds is 5. The van der Waals surface area contributed by atoms with Crippen LogP contribution in [0.2, 0.25) is 0 Å². The molecule has 0 spiro atoms. The number of aliphatic imine (C=N–C) groups is 1. The SMILES string of the molecule is CN=C(NCCc1c(C)noc1C)N(C)CC1CCOC1.I. The second-order valence-electron chi connectivity index (χ2n) is 5.64. The fourth-order valence-corrected chi connectivity index (χ4v) is 2.74. The molecule has 1 atom stereocenters. The Morgan fingerprint density at radius 2 is 2.23 bits per heavy atom. The predicted molar refractivity (Wildman–Crippen MR) is 98.0 cm³/mol. The number of nitrogens with one attached hydrogen (secondary N) is 1. The van der Waals surface area contributed by atoms with Gasteiger partial charge in [-0.05, 0) is 26.7 Å². The highest BCUT2D eigenvalue weighted by molar-refractivity contribution is 14.0. The molecular weight excluding hydrogens is 395 g/mol. The van der Waals surface area contributed by atoms with Gasteiger partial charge in [0.15, 0.2) is 5.96 Å². The largest absolute Gasteiger partial charge is 0.381 e. The summed E-state index contributed by atoms with van der Waals surface area (Å²) in [6, 6.07) is 0. The number of hydrogen-bond acceptors (Lipinski definition) is 4. The van der Waals surface area contributed by atoms with Crippen LogP contribution in [0.1, 0.15) is 23.4 Å². The predicted octanol–water partition coefficient (Wildman–Crippen LogP) is 2.00. The van der Waals surface area contributed by atoms with Gasteiger partial charge in [-0.2, -0.15) is 0 Å². The Morgan fingerprint density at radius 1 is 1.45 bits per heavy atom. The molecule has 0 aliphatic carbocycles. The van der Waals surface area contributed by atoms with Gasteiger partial charge in [-0.1, -0.05) is 5.16 Å². The molecule has 0 aromatic carbocycles. The molecule has 0 radical (unpaired) electrons. The van der Waals surface area contributed by atoms with Crippen molar-refractivity contribution < 1.29 is 9.26 Å². The fourth-order valence-electron chi connectivity index (χ4n) is 2.74. The number of hydrogen-bond donors (Lipinski definition) is 1. The van der Waals surface area contributed by atoms with Gasteiger partial charge in [0.1, 0.15) is 5.76 Å². The van der Waals surface area contributed by atoms with Gasteiger partial charge in [-0.3, -0.25) is 4.99 Å². The summed E-state index contributed by atoms with van der Waals surface area (Å²) in [5.74, 6) is 2.44. The Kier molecular flexibility index (Phi) is 8.16. The first-order valence-corrected chi connectivity index (χ1v) is 7.53. The average Bonchev–Trinajstić information content (AvgIpc) is 3.07. The molecule has 1 fully saturated rings. The molecule has 22 heavy (non-hydrogen) atoms. The molecule has 1 saturated heterocycles. The maximum Gasteiger partial charge on any atom is 0.193 e. The summed E-state index contributed by atoms with van der Waals surface area (Å²) in [7, 11) is 3.89. The van der Waals surface area contributed by atoms with E-state index in [1.165, 1.54) is 5.56 Å². The third-order valence-corrected chi connectivity index (χ3v) is 3.97. The molecule has 2 heterocycles. The van der Waals surface area contributed by atoms with Crippen molar-refractivity contribution in [1.29, 1.82) is 0 Å². The van der Waals surface area contributed by atoms with Crippen LogP contribution in [-0.2, 0) is 11.2 Å². The van der Waals surface area contributed by atoms with E-state index in [4.69, 9.17) is 9.26 Å². The molecule has 2 rings (SSSR count). The molecule has 0 saturated carbocycles. The number of guanidine groups is 1. The first kappa shape index (κ1) is 19.2. The third kappa shape index (κ3) is 5.12. The second-order valence-corrected chi connectivity index (χ2v) is 5.64. The van der Waals surface area contributed by atoms with Crippen molar-refractivity contribution in [3.8, 4) is 0 Å². The van der Waals surface area contributed by atoms with E-state index in [2.05, 4.69) is 27.4 Å². The van der Waals surface area contributed by atoms with Crippen LogP contribution in [0.15, 0.2) is 9.52 Å². The lowest BCUT2D eigenvalue weighted by molar-refractivity contribution is 0.181. The molecule has 0 amide bonds. The maximum atomic E-state index is 5.42. The highest BCUT2D eigenvalue weighted by Crippen LogP contribution is 2.14. The zero-order chi connectivity index (χ0) is 15.2. The monoisotopic (exact) mass is 422 g/mol. The zero-order valence-electron chi connectivity index (χ0n) is 13.9. The molecule has 1 aromatic rings. The Balaban J connectivity index is 0.00000242. The Bertz CT molecular complexity index is 464. The number of ether oxygens (including phenoxy) is 1. The molecule has 126 valence electrons. The van der Waals surface area contributed by atoms with Crippen molar-refractivity contribution in [3.63, 3.8) is 0 Å². The van der Waals surface area contributed by atoms with Crippen LogP contribution in [0.3, 0.4) is 0 Å². The van der Waals surface area contributed by atoms with E-state index >= 15 is 0 Å². The summed E-state index contributed by atoms with van der Waals surface area (Å²) in [4.78, 5) is 6.52. The van der Waals surface area contributed by atoms with Crippen LogP contribution in [-0.4, -0.2) is 56.4 Å². The van der Waals surface area contributed by atoms with Crippen molar-refractivity contribution >= 4 is 29.9 Å². The lowest BCUT2D eigenvalue weighted by Gasteiger charge is -2.24. The van der Waals surface area contributed by atoms with Crippen LogP contribution in [0, 0.1) is 19.8 Å². The Hall–Kier alpha value is -0.830. The van der Waals surface area contributed by atoms with Gasteiger partial charge in [-0.15, -0.1) is 24.0 Å². The normalized spacial score (nSPS) is 18.2. The van der Waals surface area contributed by atoms with Crippen molar-refractivity contribution in [2.24, 2.45) is 10.9 Å². The number of halogens is 1. The van der Waals surface area contributed by atoms with Crippen molar-refractivity contribution in [2.45, 2.75) is 26.7 Å². The van der Waals surface area contributed by atoms with E-state index in [9.17, 15) is 0 Å². The number of aryl methyl sites for hydroxylation is 2. The van der Waals surface area contributed by atoms with E-state index in [1.54, 1.807) is 0 Å². The lowest BCUT2D eigenvalue weighted by atomic mass is 10.1. The van der Waals surface area contributed by atoms with E-state index in [-0.39, 0.29) is 24.0 Å². The molecule has 1 aliphatic rings. The third-order valence-electron chi connectivity index (χ3n) is 3.97. The highest BCUT2D eigenvalue weighted by atomic mass is 127. The minimum absolute atomic E-state index is 0. The maximum absolute atomic E-state index is 5.42. The average molecular weight is 422 g/mol. The van der Waals surface area contributed by atoms with Crippen LogP contribution < -0.4 is 5.32 Å². The van der Waals surface area contributed by atoms with Crippen LogP contribution in [0.5, 0.6) is 0 Å². The van der Waals surface area contributed by atoms with Crippen molar-refractivity contribution in [3.05, 3.63) is 17.0 Å². The molecular formula is C15H27IN4O2. The van der Waals surface area contributed by atoms with Crippen molar-refractivity contribution in [2.75, 3.05) is 40.4 Å². The molecule has 7 heteroatoms. The number of aromatic nitrogens is 1. The summed E-state index contributed by atoms with van der Waals surface area (Å²) in [6.45, 7) is 7.48. The minimum Gasteiger partial charge on any atom is -0.381 e. The Morgan fingerprint density at radius 3 is 2.77 bits per heavy atom. The van der Waals surface area contributed by atoms with Gasteiger partial charge < -0.3 is 19.5 Å². The molecule has 1 N–H and O–H groups in total. The van der Waals surface area contributed by atoms with E-state index < -0.39 is 0 Å². The van der Waals surface area contributed by atoms with Gasteiger partial charge in [0, 0.05) is 45.3 Å². The first-order chi connectivity index (χ1) is 10.1. The minimum atomic E-state index is 0. The van der Waals surface area contributed by atoms with Gasteiger partial charge in [0.2, 0.25) is 0 Å². The summed E-state index contributed by atoms with van der Waals surface area (Å²) in [6.07, 6.45) is 2.03. The number of nitrogens with zero attached hydrogens (tertiary/aromatic N) is 3. The lowest BCUT2D eigenvalue weighted by Crippen LogP contribution is -2.42. The topological polar surface area (TPSA) is 62.9 Å². The van der Waals surface area contributed by atoms with Crippen LogP contribution in [0.4, 0.5) is 0 Å². The zero-order valence-corrected chi connectivity index (χ0v) is 16.2. The summed E-state index contributed by atoms with van der Waals surface area (Å²) in [5.41, 5.74) is 2.16. The van der Waals surface area contributed by atoms with E-state index in [0.29, 0.717) is 5.92 Å². The quantitative estimate of drug-likeness (QED) is 0.447. The smallest absolute Gasteiger partial charge is 0.193 e. The summed E-state index contributed by atoms with van der Waals surface area (Å²) >= 11 is 0. The summed E-state index contributed by atoms with van der Waals surface area (Å²) < 4.78 is 10.6. The standard InChI is InChI=1S/C15H26N4O2.HI/c1-11-14(12(2)21-18-11)5-7-17-15(16-3)19(4)9-13-6-8-20-10-13;/h13H,5-10H2,1-4H3,(H,16,17);1H. The molecule has 6 nitrogen and oxygen atoms in total. The first-order valence-electron chi connectivity index (χ1n) is 7.53. The van der Waals surface area contributed by atoms with Crippen LogP contribution in [0.25, 0.3) is 0 Å². The van der Waals surface area contributed by atoms with Gasteiger partial charge in [0.25, 0.3) is 0 Å². The molecule has 1 aliphatic heterocycles. The molecule has 1 unspecified atom stereocenters. The van der Waals surface area contributed by atoms with Gasteiger partial charge in [-0.25, -0.2) is 0 Å². The van der Waals surface area contributed by atoms with Crippen LogP contribution >= 0.6 is 24.0 Å². The summed E-state index contributed by atoms with van der Waals surface area (Å²) in [5, 5.41) is 7.38. The van der Waals surface area contributed by atoms with Gasteiger partial charge in [0.05, 0.1) is 12.3 Å².